The minimum Gasteiger partial charge on any atom is -0.396 e. The van der Waals surface area contributed by atoms with Crippen LogP contribution in [0.1, 0.15) is 26.1 Å². The molecule has 0 bridgehead atoms. The van der Waals surface area contributed by atoms with Crippen molar-refractivity contribution in [3.63, 3.8) is 0 Å². The molecule has 0 aromatic carbocycles. The molecule has 1 aliphatic heterocycles. The molecule has 16 heavy (non-hydrogen) atoms. The van der Waals surface area contributed by atoms with Crippen molar-refractivity contribution in [2.75, 3.05) is 19.7 Å². The van der Waals surface area contributed by atoms with Crippen molar-refractivity contribution in [2.24, 2.45) is 5.41 Å². The summed E-state index contributed by atoms with van der Waals surface area (Å²) < 4.78 is 2.21. The second kappa shape index (κ2) is 4.55. The summed E-state index contributed by atoms with van der Waals surface area (Å²) >= 11 is 0. The Hall–Kier alpha value is -0.870. The Bertz CT molecular complexity index is 344. The second-order valence-electron chi connectivity index (χ2n) is 5.07. The molecule has 0 fully saturated rings. The van der Waals surface area contributed by atoms with Gasteiger partial charge in [0.25, 0.3) is 0 Å². The summed E-state index contributed by atoms with van der Waals surface area (Å²) in [5, 5.41) is 9.42. The number of aliphatic hydroxyl groups excluding tert-OH is 1. The van der Waals surface area contributed by atoms with Crippen LogP contribution in [0.5, 0.6) is 0 Å². The number of nitrogens with zero attached hydrogens (tertiary/aromatic N) is 3. The zero-order chi connectivity index (χ0) is 11.6. The third-order valence-corrected chi connectivity index (χ3v) is 3.66. The van der Waals surface area contributed by atoms with E-state index in [1.165, 1.54) is 0 Å². The summed E-state index contributed by atoms with van der Waals surface area (Å²) in [4.78, 5) is 6.74. The van der Waals surface area contributed by atoms with Gasteiger partial charge in [0.2, 0.25) is 0 Å². The van der Waals surface area contributed by atoms with Crippen LogP contribution >= 0.6 is 0 Å². The van der Waals surface area contributed by atoms with Crippen molar-refractivity contribution < 1.29 is 5.11 Å². The SMILES string of the molecule is CCC(C)(CO)CN1CCn2ccnc2C1. The van der Waals surface area contributed by atoms with Crippen molar-refractivity contribution in [3.05, 3.63) is 18.2 Å². The third kappa shape index (κ3) is 2.28. The van der Waals surface area contributed by atoms with E-state index >= 15 is 0 Å². The quantitative estimate of drug-likeness (QED) is 0.831. The summed E-state index contributed by atoms with van der Waals surface area (Å²) in [6.07, 6.45) is 4.91. The molecule has 0 saturated heterocycles. The number of imidazole rings is 1. The summed E-state index contributed by atoms with van der Waals surface area (Å²) in [7, 11) is 0. The Labute approximate surface area is 96.9 Å². The van der Waals surface area contributed by atoms with Gasteiger partial charge in [-0.3, -0.25) is 4.90 Å². The topological polar surface area (TPSA) is 41.3 Å². The molecule has 0 spiro atoms. The molecule has 1 atom stereocenters. The molecule has 90 valence electrons. The Balaban J connectivity index is 1.99. The van der Waals surface area contributed by atoms with Crippen LogP contribution in [-0.4, -0.2) is 39.3 Å². The van der Waals surface area contributed by atoms with E-state index in [9.17, 15) is 5.11 Å². The van der Waals surface area contributed by atoms with Gasteiger partial charge in [-0.1, -0.05) is 13.8 Å². The van der Waals surface area contributed by atoms with Crippen molar-refractivity contribution >= 4 is 0 Å². The monoisotopic (exact) mass is 223 g/mol. The fourth-order valence-electron chi connectivity index (χ4n) is 2.17. The van der Waals surface area contributed by atoms with Gasteiger partial charge in [0.15, 0.2) is 0 Å². The summed E-state index contributed by atoms with van der Waals surface area (Å²) in [6, 6.07) is 0. The van der Waals surface area contributed by atoms with Crippen molar-refractivity contribution in [3.8, 4) is 0 Å². The van der Waals surface area contributed by atoms with Crippen LogP contribution in [0.25, 0.3) is 0 Å². The lowest BCUT2D eigenvalue weighted by Crippen LogP contribution is -2.42. The average Bonchev–Trinajstić information content (AvgIpc) is 2.76. The lowest BCUT2D eigenvalue weighted by molar-refractivity contribution is 0.0711. The highest BCUT2D eigenvalue weighted by Crippen LogP contribution is 2.23. The van der Waals surface area contributed by atoms with Crippen molar-refractivity contribution in [1.29, 1.82) is 0 Å². The molecule has 0 amide bonds. The molecule has 4 heteroatoms. The first kappa shape index (κ1) is 11.6. The molecule has 4 nitrogen and oxygen atoms in total. The fourth-order valence-corrected chi connectivity index (χ4v) is 2.17. The highest BCUT2D eigenvalue weighted by Gasteiger charge is 2.26. The lowest BCUT2D eigenvalue weighted by atomic mass is 9.88. The third-order valence-electron chi connectivity index (χ3n) is 3.66. The fraction of sp³-hybridized carbons (Fsp3) is 0.750. The molecule has 1 aromatic heterocycles. The van der Waals surface area contributed by atoms with Crippen LogP contribution in [0, 0.1) is 5.41 Å². The lowest BCUT2D eigenvalue weighted by Gasteiger charge is -2.35. The van der Waals surface area contributed by atoms with E-state index in [0.29, 0.717) is 0 Å². The van der Waals surface area contributed by atoms with E-state index in [0.717, 1.165) is 38.4 Å². The molecule has 0 saturated carbocycles. The van der Waals surface area contributed by atoms with Crippen LogP contribution in [-0.2, 0) is 13.1 Å². The maximum Gasteiger partial charge on any atom is 0.122 e. The number of aromatic nitrogens is 2. The van der Waals surface area contributed by atoms with E-state index in [4.69, 9.17) is 0 Å². The van der Waals surface area contributed by atoms with Crippen molar-refractivity contribution in [2.45, 2.75) is 33.4 Å². The Morgan fingerprint density at radius 3 is 3.00 bits per heavy atom. The van der Waals surface area contributed by atoms with Gasteiger partial charge in [0.05, 0.1) is 6.54 Å². The molecule has 1 aliphatic rings. The maximum absolute atomic E-state index is 9.42. The number of aliphatic hydroxyl groups is 1. The summed E-state index contributed by atoms with van der Waals surface area (Å²) in [5.74, 6) is 1.14. The maximum atomic E-state index is 9.42. The number of hydrogen-bond acceptors (Lipinski definition) is 3. The van der Waals surface area contributed by atoms with Gasteiger partial charge in [-0.2, -0.15) is 0 Å². The molecular weight excluding hydrogens is 202 g/mol. The minimum atomic E-state index is 0.0226. The molecular formula is C12H21N3O. The first-order valence-electron chi connectivity index (χ1n) is 6.00. The van der Waals surface area contributed by atoms with Crippen LogP contribution < -0.4 is 0 Å². The minimum absolute atomic E-state index is 0.0226. The Morgan fingerprint density at radius 1 is 1.50 bits per heavy atom. The highest BCUT2D eigenvalue weighted by atomic mass is 16.3. The van der Waals surface area contributed by atoms with E-state index in [1.807, 2.05) is 12.4 Å². The van der Waals surface area contributed by atoms with E-state index < -0.39 is 0 Å². The second-order valence-corrected chi connectivity index (χ2v) is 5.07. The van der Waals surface area contributed by atoms with Gasteiger partial charge < -0.3 is 9.67 Å². The van der Waals surface area contributed by atoms with Gasteiger partial charge in [-0.25, -0.2) is 4.98 Å². The van der Waals surface area contributed by atoms with Gasteiger partial charge >= 0.3 is 0 Å². The van der Waals surface area contributed by atoms with E-state index in [2.05, 4.69) is 28.3 Å². The smallest absolute Gasteiger partial charge is 0.122 e. The zero-order valence-corrected chi connectivity index (χ0v) is 10.2. The Morgan fingerprint density at radius 2 is 2.31 bits per heavy atom. The first-order chi connectivity index (χ1) is 7.67. The molecule has 2 heterocycles. The molecule has 0 radical (unpaired) electrons. The predicted molar refractivity (Wildman–Crippen MR) is 63.0 cm³/mol. The highest BCUT2D eigenvalue weighted by molar-refractivity contribution is 4.96. The largest absolute Gasteiger partial charge is 0.396 e. The number of fused-ring (bicyclic) bond motifs is 1. The number of hydrogen-bond donors (Lipinski definition) is 1. The number of rotatable bonds is 4. The van der Waals surface area contributed by atoms with Gasteiger partial charge in [-0.05, 0) is 6.42 Å². The van der Waals surface area contributed by atoms with E-state index in [1.54, 1.807) is 0 Å². The molecule has 1 aromatic rings. The normalized spacial score (nSPS) is 20.4. The summed E-state index contributed by atoms with van der Waals surface area (Å²) in [5.41, 5.74) is 0.0226. The molecule has 0 aliphatic carbocycles. The van der Waals surface area contributed by atoms with Crippen LogP contribution in [0.2, 0.25) is 0 Å². The van der Waals surface area contributed by atoms with Crippen LogP contribution in [0.4, 0.5) is 0 Å². The predicted octanol–water partition coefficient (Wildman–Crippen LogP) is 1.11. The molecule has 1 unspecified atom stereocenters. The van der Waals surface area contributed by atoms with Gasteiger partial charge in [0.1, 0.15) is 5.82 Å². The van der Waals surface area contributed by atoms with Crippen LogP contribution in [0.15, 0.2) is 12.4 Å². The summed E-state index contributed by atoms with van der Waals surface area (Å²) in [6.45, 7) is 8.47. The zero-order valence-electron chi connectivity index (χ0n) is 10.2. The molecule has 1 N–H and O–H groups in total. The van der Waals surface area contributed by atoms with Crippen LogP contribution in [0.3, 0.4) is 0 Å². The van der Waals surface area contributed by atoms with Gasteiger partial charge in [-0.15, -0.1) is 0 Å². The molecule has 2 rings (SSSR count). The van der Waals surface area contributed by atoms with Gasteiger partial charge in [0, 0.05) is 44.0 Å². The Kier molecular flexibility index (Phi) is 3.30. The average molecular weight is 223 g/mol. The van der Waals surface area contributed by atoms with E-state index in [-0.39, 0.29) is 12.0 Å². The first-order valence-corrected chi connectivity index (χ1v) is 6.00. The standard InChI is InChI=1S/C12H21N3O/c1-3-12(2,10-16)9-14-6-7-15-5-4-13-11(15)8-14/h4-5,16H,3,6-10H2,1-2H3. The van der Waals surface area contributed by atoms with Crippen molar-refractivity contribution in [1.82, 2.24) is 14.5 Å².